The molecule has 0 fully saturated rings. The Labute approximate surface area is 99.5 Å². The van der Waals surface area contributed by atoms with Crippen molar-refractivity contribution in [2.45, 2.75) is 26.3 Å². The molecule has 0 bridgehead atoms. The zero-order chi connectivity index (χ0) is 12.1. The molecule has 1 rings (SSSR count). The fourth-order valence-corrected chi connectivity index (χ4v) is 1.99. The molecule has 0 radical (unpaired) electrons. The van der Waals surface area contributed by atoms with E-state index in [4.69, 9.17) is 5.73 Å². The van der Waals surface area contributed by atoms with Gasteiger partial charge in [0.15, 0.2) is 0 Å². The van der Waals surface area contributed by atoms with Crippen LogP contribution in [0.5, 0.6) is 0 Å². The SMILES string of the molecule is CC(C)Cc1ccc(C(CN)N(C)C)cc1. The van der Waals surface area contributed by atoms with Gasteiger partial charge in [-0.25, -0.2) is 0 Å². The predicted octanol–water partition coefficient (Wildman–Crippen LogP) is 2.45. The summed E-state index contributed by atoms with van der Waals surface area (Å²) in [4.78, 5) is 2.16. The lowest BCUT2D eigenvalue weighted by atomic mass is 9.99. The van der Waals surface area contributed by atoms with Gasteiger partial charge in [-0.3, -0.25) is 0 Å². The number of nitrogens with two attached hydrogens (primary N) is 1. The van der Waals surface area contributed by atoms with Crippen LogP contribution in [-0.2, 0) is 6.42 Å². The lowest BCUT2D eigenvalue weighted by Gasteiger charge is -2.23. The van der Waals surface area contributed by atoms with Crippen molar-refractivity contribution in [1.29, 1.82) is 0 Å². The van der Waals surface area contributed by atoms with Crippen molar-refractivity contribution in [1.82, 2.24) is 4.90 Å². The smallest absolute Gasteiger partial charge is 0.0464 e. The Hall–Kier alpha value is -0.860. The van der Waals surface area contributed by atoms with Gasteiger partial charge in [0, 0.05) is 12.6 Å². The van der Waals surface area contributed by atoms with Crippen LogP contribution in [0.3, 0.4) is 0 Å². The van der Waals surface area contributed by atoms with Gasteiger partial charge in [0.1, 0.15) is 0 Å². The van der Waals surface area contributed by atoms with Gasteiger partial charge in [-0.15, -0.1) is 0 Å². The first-order valence-electron chi connectivity index (χ1n) is 6.00. The normalized spacial score (nSPS) is 13.4. The summed E-state index contributed by atoms with van der Waals surface area (Å²) in [5.74, 6) is 0.713. The van der Waals surface area contributed by atoms with E-state index in [2.05, 4.69) is 57.1 Å². The Kier molecular flexibility index (Phi) is 4.97. The molecule has 0 aliphatic heterocycles. The summed E-state index contributed by atoms with van der Waals surface area (Å²) in [6.45, 7) is 5.16. The largest absolute Gasteiger partial charge is 0.329 e. The minimum atomic E-state index is 0.327. The van der Waals surface area contributed by atoms with Crippen molar-refractivity contribution in [2.75, 3.05) is 20.6 Å². The number of likely N-dealkylation sites (N-methyl/N-ethyl adjacent to an activating group) is 1. The van der Waals surface area contributed by atoms with Crippen LogP contribution in [0.4, 0.5) is 0 Å². The van der Waals surface area contributed by atoms with Gasteiger partial charge in [0.2, 0.25) is 0 Å². The van der Waals surface area contributed by atoms with Crippen molar-refractivity contribution in [3.8, 4) is 0 Å². The molecule has 16 heavy (non-hydrogen) atoms. The molecule has 0 spiro atoms. The number of hydrogen-bond acceptors (Lipinski definition) is 2. The van der Waals surface area contributed by atoms with E-state index in [0.29, 0.717) is 18.5 Å². The summed E-state index contributed by atoms with van der Waals surface area (Å²) in [6.07, 6.45) is 1.15. The highest BCUT2D eigenvalue weighted by Gasteiger charge is 2.11. The van der Waals surface area contributed by atoms with Gasteiger partial charge in [-0.1, -0.05) is 38.1 Å². The summed E-state index contributed by atoms with van der Waals surface area (Å²) >= 11 is 0. The Morgan fingerprint density at radius 3 is 2.06 bits per heavy atom. The molecular formula is C14H24N2. The van der Waals surface area contributed by atoms with Crippen molar-refractivity contribution < 1.29 is 0 Å². The lowest BCUT2D eigenvalue weighted by Crippen LogP contribution is -2.27. The van der Waals surface area contributed by atoms with Crippen LogP contribution in [0.2, 0.25) is 0 Å². The monoisotopic (exact) mass is 220 g/mol. The molecule has 2 heteroatoms. The van der Waals surface area contributed by atoms with Crippen molar-refractivity contribution in [2.24, 2.45) is 11.7 Å². The number of benzene rings is 1. The van der Waals surface area contributed by atoms with E-state index in [1.165, 1.54) is 11.1 Å². The first-order chi connectivity index (χ1) is 7.54. The van der Waals surface area contributed by atoms with Gasteiger partial charge in [-0.2, -0.15) is 0 Å². The molecule has 1 atom stereocenters. The summed E-state index contributed by atoms with van der Waals surface area (Å²) in [7, 11) is 4.14. The van der Waals surface area contributed by atoms with E-state index >= 15 is 0 Å². The van der Waals surface area contributed by atoms with Crippen LogP contribution in [0.1, 0.15) is 31.0 Å². The summed E-state index contributed by atoms with van der Waals surface area (Å²) in [6, 6.07) is 9.18. The average molecular weight is 220 g/mol. The first kappa shape index (κ1) is 13.2. The Balaban J connectivity index is 2.77. The van der Waals surface area contributed by atoms with E-state index in [1.54, 1.807) is 0 Å². The molecule has 1 aromatic carbocycles. The van der Waals surface area contributed by atoms with E-state index in [1.807, 2.05) is 0 Å². The Morgan fingerprint density at radius 1 is 1.12 bits per heavy atom. The molecule has 0 heterocycles. The maximum atomic E-state index is 5.78. The maximum Gasteiger partial charge on any atom is 0.0464 e. The molecule has 1 aromatic rings. The van der Waals surface area contributed by atoms with Gasteiger partial charge >= 0.3 is 0 Å². The maximum absolute atomic E-state index is 5.78. The number of hydrogen-bond donors (Lipinski definition) is 1. The highest BCUT2D eigenvalue weighted by atomic mass is 15.1. The van der Waals surface area contributed by atoms with Gasteiger partial charge in [0.25, 0.3) is 0 Å². The van der Waals surface area contributed by atoms with Gasteiger partial charge in [-0.05, 0) is 37.6 Å². The van der Waals surface area contributed by atoms with Crippen LogP contribution >= 0.6 is 0 Å². The van der Waals surface area contributed by atoms with Crippen LogP contribution in [0, 0.1) is 5.92 Å². The zero-order valence-electron chi connectivity index (χ0n) is 10.9. The van der Waals surface area contributed by atoms with Crippen LogP contribution < -0.4 is 5.73 Å². The second kappa shape index (κ2) is 6.02. The molecule has 2 N–H and O–H groups in total. The third kappa shape index (κ3) is 3.62. The van der Waals surface area contributed by atoms with Gasteiger partial charge in [0.05, 0.1) is 0 Å². The van der Waals surface area contributed by atoms with Gasteiger partial charge < -0.3 is 10.6 Å². The summed E-state index contributed by atoms with van der Waals surface area (Å²) in [5, 5.41) is 0. The second-order valence-electron chi connectivity index (χ2n) is 5.05. The summed E-state index contributed by atoms with van der Waals surface area (Å²) in [5.41, 5.74) is 8.50. The molecule has 0 aromatic heterocycles. The standard InChI is InChI=1S/C14H24N2/c1-11(2)9-12-5-7-13(8-6-12)14(10-15)16(3)4/h5-8,11,14H,9-10,15H2,1-4H3. The van der Waals surface area contributed by atoms with E-state index in [-0.39, 0.29) is 0 Å². The lowest BCUT2D eigenvalue weighted by molar-refractivity contribution is 0.306. The third-order valence-corrected chi connectivity index (χ3v) is 2.86. The molecule has 0 saturated heterocycles. The van der Waals surface area contributed by atoms with E-state index < -0.39 is 0 Å². The van der Waals surface area contributed by atoms with Crippen molar-refractivity contribution in [3.05, 3.63) is 35.4 Å². The molecule has 2 nitrogen and oxygen atoms in total. The van der Waals surface area contributed by atoms with Crippen LogP contribution in [0.15, 0.2) is 24.3 Å². The third-order valence-electron chi connectivity index (χ3n) is 2.86. The number of nitrogens with zero attached hydrogens (tertiary/aromatic N) is 1. The predicted molar refractivity (Wildman–Crippen MR) is 70.5 cm³/mol. The molecular weight excluding hydrogens is 196 g/mol. The fourth-order valence-electron chi connectivity index (χ4n) is 1.99. The molecule has 0 aliphatic rings. The number of rotatable bonds is 5. The highest BCUT2D eigenvalue weighted by Crippen LogP contribution is 2.18. The molecule has 1 unspecified atom stereocenters. The zero-order valence-corrected chi connectivity index (χ0v) is 10.9. The molecule has 0 aliphatic carbocycles. The molecule has 0 amide bonds. The van der Waals surface area contributed by atoms with E-state index in [9.17, 15) is 0 Å². The van der Waals surface area contributed by atoms with E-state index in [0.717, 1.165) is 6.42 Å². The van der Waals surface area contributed by atoms with Crippen molar-refractivity contribution >= 4 is 0 Å². The molecule has 90 valence electrons. The topological polar surface area (TPSA) is 29.3 Å². The average Bonchev–Trinajstić information content (AvgIpc) is 2.20. The van der Waals surface area contributed by atoms with Crippen LogP contribution in [-0.4, -0.2) is 25.5 Å². The quantitative estimate of drug-likeness (QED) is 0.826. The Morgan fingerprint density at radius 2 is 1.69 bits per heavy atom. The second-order valence-corrected chi connectivity index (χ2v) is 5.05. The minimum absolute atomic E-state index is 0.327. The van der Waals surface area contributed by atoms with Crippen LogP contribution in [0.25, 0.3) is 0 Å². The summed E-state index contributed by atoms with van der Waals surface area (Å²) < 4.78 is 0. The first-order valence-corrected chi connectivity index (χ1v) is 6.00. The minimum Gasteiger partial charge on any atom is -0.329 e. The molecule has 0 saturated carbocycles. The Bertz CT molecular complexity index is 301. The van der Waals surface area contributed by atoms with Crippen molar-refractivity contribution in [3.63, 3.8) is 0 Å². The highest BCUT2D eigenvalue weighted by molar-refractivity contribution is 5.25. The fraction of sp³-hybridized carbons (Fsp3) is 0.571.